The van der Waals surface area contributed by atoms with Gasteiger partial charge in [0, 0.05) is 44.2 Å². The summed E-state index contributed by atoms with van der Waals surface area (Å²) in [5.74, 6) is -1.65. The van der Waals surface area contributed by atoms with Crippen molar-refractivity contribution >= 4 is 31.9 Å². The standard InChI is InChI=1S/C27H36N4O6S2/c1-3-31(4-2)39(36,37)23-12-13-25(38(34,35)29-26(32)21-11-8-15-28-18-21)24(17-23)22-14-16-30(19-22)27(33)20-9-6-5-7-10-20/h5-7,9-10,12-13,17,21-22,28H,3-4,8,11,14-16,18-19H2,1-2H3,(H,29,32)/t21-,22+/m1/s1. The van der Waals surface area contributed by atoms with Gasteiger partial charge in [0.25, 0.3) is 15.9 Å². The molecule has 39 heavy (non-hydrogen) atoms. The second-order valence-corrected chi connectivity index (χ2v) is 13.5. The molecule has 2 amide bonds. The zero-order valence-corrected chi connectivity index (χ0v) is 23.9. The summed E-state index contributed by atoms with van der Waals surface area (Å²) in [7, 11) is -8.17. The molecule has 2 aromatic rings. The average molecular weight is 577 g/mol. The van der Waals surface area contributed by atoms with E-state index in [1.54, 1.807) is 43.0 Å². The first-order valence-corrected chi connectivity index (χ1v) is 16.3. The van der Waals surface area contributed by atoms with Crippen LogP contribution in [0.2, 0.25) is 0 Å². The molecule has 2 aliphatic rings. The maximum absolute atomic E-state index is 13.5. The molecule has 2 N–H and O–H groups in total. The number of nitrogens with one attached hydrogen (secondary N) is 2. The van der Waals surface area contributed by atoms with Crippen LogP contribution in [0.4, 0.5) is 0 Å². The zero-order valence-electron chi connectivity index (χ0n) is 22.3. The SMILES string of the molecule is CCN(CC)S(=O)(=O)c1ccc(S(=O)(=O)NC(=O)[C@@H]2CCCNC2)c([C@H]2CCN(C(=O)c3ccccc3)C2)c1. The van der Waals surface area contributed by atoms with E-state index >= 15 is 0 Å². The van der Waals surface area contributed by atoms with E-state index in [4.69, 9.17) is 0 Å². The van der Waals surface area contributed by atoms with E-state index in [0.717, 1.165) is 13.0 Å². The molecule has 0 aromatic heterocycles. The molecule has 0 aliphatic carbocycles. The van der Waals surface area contributed by atoms with Crippen molar-refractivity contribution in [2.24, 2.45) is 5.92 Å². The van der Waals surface area contributed by atoms with Gasteiger partial charge in [0.1, 0.15) is 0 Å². The van der Waals surface area contributed by atoms with Gasteiger partial charge in [-0.2, -0.15) is 4.31 Å². The topological polar surface area (TPSA) is 133 Å². The summed E-state index contributed by atoms with van der Waals surface area (Å²) >= 11 is 0. The highest BCUT2D eigenvalue weighted by Gasteiger charge is 2.35. The highest BCUT2D eigenvalue weighted by molar-refractivity contribution is 7.90. The van der Waals surface area contributed by atoms with E-state index in [2.05, 4.69) is 10.0 Å². The number of hydrogen-bond acceptors (Lipinski definition) is 7. The van der Waals surface area contributed by atoms with Gasteiger partial charge in [-0.1, -0.05) is 32.0 Å². The minimum atomic E-state index is -4.30. The summed E-state index contributed by atoms with van der Waals surface area (Å²) in [5, 5.41) is 3.11. The van der Waals surface area contributed by atoms with Crippen LogP contribution in [-0.4, -0.2) is 77.1 Å². The predicted molar refractivity (Wildman–Crippen MR) is 147 cm³/mol. The van der Waals surface area contributed by atoms with E-state index in [9.17, 15) is 26.4 Å². The van der Waals surface area contributed by atoms with Crippen LogP contribution < -0.4 is 10.0 Å². The Hall–Kier alpha value is -2.80. The van der Waals surface area contributed by atoms with E-state index < -0.39 is 37.8 Å². The third-order valence-electron chi connectivity index (χ3n) is 7.45. The lowest BCUT2D eigenvalue weighted by atomic mass is 9.98. The van der Waals surface area contributed by atoms with Gasteiger partial charge in [0.15, 0.2) is 0 Å². The van der Waals surface area contributed by atoms with Crippen LogP contribution in [0.1, 0.15) is 54.9 Å². The Kier molecular flexibility index (Phi) is 9.10. The van der Waals surface area contributed by atoms with Gasteiger partial charge in [-0.3, -0.25) is 9.59 Å². The summed E-state index contributed by atoms with van der Waals surface area (Å²) in [6.07, 6.45) is 1.81. The molecule has 10 nitrogen and oxygen atoms in total. The Balaban J connectivity index is 1.69. The second-order valence-electron chi connectivity index (χ2n) is 9.90. The first-order chi connectivity index (χ1) is 18.6. The van der Waals surface area contributed by atoms with Crippen molar-refractivity contribution < 1.29 is 26.4 Å². The van der Waals surface area contributed by atoms with Crippen molar-refractivity contribution in [1.29, 1.82) is 0 Å². The number of benzene rings is 2. The number of likely N-dealkylation sites (tertiary alicyclic amines) is 1. The molecule has 2 saturated heterocycles. The van der Waals surface area contributed by atoms with Crippen LogP contribution in [0.3, 0.4) is 0 Å². The monoisotopic (exact) mass is 576 g/mol. The van der Waals surface area contributed by atoms with Gasteiger partial charge in [-0.25, -0.2) is 21.6 Å². The molecule has 2 aliphatic heterocycles. The molecular formula is C27H36N4O6S2. The molecule has 2 fully saturated rings. The Morgan fingerprint density at radius 2 is 1.74 bits per heavy atom. The summed E-state index contributed by atoms with van der Waals surface area (Å²) in [5.41, 5.74) is 0.811. The maximum Gasteiger partial charge on any atom is 0.264 e. The fraction of sp³-hybridized carbons (Fsp3) is 0.481. The van der Waals surface area contributed by atoms with Crippen molar-refractivity contribution in [2.75, 3.05) is 39.3 Å². The first kappa shape index (κ1) is 29.2. The first-order valence-electron chi connectivity index (χ1n) is 13.3. The van der Waals surface area contributed by atoms with Crippen molar-refractivity contribution in [3.8, 4) is 0 Å². The largest absolute Gasteiger partial charge is 0.338 e. The maximum atomic E-state index is 13.5. The lowest BCUT2D eigenvalue weighted by molar-refractivity contribution is -0.123. The molecule has 0 spiro atoms. The molecule has 2 atom stereocenters. The van der Waals surface area contributed by atoms with Gasteiger partial charge in [0.2, 0.25) is 15.9 Å². The van der Waals surface area contributed by atoms with Gasteiger partial charge < -0.3 is 10.2 Å². The van der Waals surface area contributed by atoms with Crippen LogP contribution >= 0.6 is 0 Å². The molecule has 0 unspecified atom stereocenters. The van der Waals surface area contributed by atoms with Gasteiger partial charge in [-0.15, -0.1) is 0 Å². The predicted octanol–water partition coefficient (Wildman–Crippen LogP) is 2.15. The Bertz CT molecular complexity index is 1400. The second kappa shape index (κ2) is 12.2. The van der Waals surface area contributed by atoms with Crippen LogP contribution in [0.25, 0.3) is 0 Å². The quantitative estimate of drug-likeness (QED) is 0.467. The zero-order chi connectivity index (χ0) is 28.2. The number of sulfonamides is 2. The number of amides is 2. The van der Waals surface area contributed by atoms with Crippen LogP contribution in [-0.2, 0) is 24.8 Å². The van der Waals surface area contributed by atoms with Crippen LogP contribution in [0.5, 0.6) is 0 Å². The third kappa shape index (κ3) is 6.34. The van der Waals surface area contributed by atoms with Crippen molar-refractivity contribution in [3.05, 3.63) is 59.7 Å². The third-order valence-corrected chi connectivity index (χ3v) is 10.9. The molecule has 2 heterocycles. The summed E-state index contributed by atoms with van der Waals surface area (Å²) in [6.45, 7) is 5.81. The van der Waals surface area contributed by atoms with Gasteiger partial charge in [0.05, 0.1) is 15.7 Å². The fourth-order valence-corrected chi connectivity index (χ4v) is 8.09. The molecule has 12 heteroatoms. The minimum Gasteiger partial charge on any atom is -0.338 e. The van der Waals surface area contributed by atoms with Crippen molar-refractivity contribution in [1.82, 2.24) is 19.2 Å². The van der Waals surface area contributed by atoms with Gasteiger partial charge >= 0.3 is 0 Å². The number of rotatable bonds is 9. The highest BCUT2D eigenvalue weighted by Crippen LogP contribution is 2.35. The van der Waals surface area contributed by atoms with Crippen molar-refractivity contribution in [2.45, 2.75) is 48.8 Å². The molecule has 0 saturated carbocycles. The molecule has 2 aromatic carbocycles. The average Bonchev–Trinajstić information content (AvgIpc) is 3.44. The summed E-state index contributed by atoms with van der Waals surface area (Å²) in [6, 6.07) is 12.8. The fourth-order valence-electron chi connectivity index (χ4n) is 5.27. The minimum absolute atomic E-state index is 0.0178. The van der Waals surface area contributed by atoms with Crippen LogP contribution in [0, 0.1) is 5.92 Å². The number of piperidine rings is 1. The van der Waals surface area contributed by atoms with Crippen molar-refractivity contribution in [3.63, 3.8) is 0 Å². The number of carbonyl (C=O) groups excluding carboxylic acids is 2. The lowest BCUT2D eigenvalue weighted by Gasteiger charge is -2.24. The normalized spacial score (nSPS) is 20.2. The highest BCUT2D eigenvalue weighted by atomic mass is 32.2. The van der Waals surface area contributed by atoms with E-state index in [0.29, 0.717) is 31.5 Å². The Labute approximate surface area is 230 Å². The number of carbonyl (C=O) groups is 2. The molecule has 4 rings (SSSR count). The Morgan fingerprint density at radius 3 is 2.38 bits per heavy atom. The van der Waals surface area contributed by atoms with E-state index in [-0.39, 0.29) is 40.9 Å². The molecular weight excluding hydrogens is 540 g/mol. The van der Waals surface area contributed by atoms with E-state index in [1.165, 1.54) is 22.5 Å². The summed E-state index contributed by atoms with van der Waals surface area (Å²) in [4.78, 5) is 27.4. The number of hydrogen-bond donors (Lipinski definition) is 2. The molecule has 0 radical (unpaired) electrons. The summed E-state index contributed by atoms with van der Waals surface area (Å²) < 4.78 is 57.2. The lowest BCUT2D eigenvalue weighted by Crippen LogP contribution is -2.43. The van der Waals surface area contributed by atoms with Gasteiger partial charge in [-0.05, 0) is 61.7 Å². The van der Waals surface area contributed by atoms with Crippen LogP contribution in [0.15, 0.2) is 58.3 Å². The smallest absolute Gasteiger partial charge is 0.264 e. The Morgan fingerprint density at radius 1 is 1.03 bits per heavy atom. The number of nitrogens with zero attached hydrogens (tertiary/aromatic N) is 2. The van der Waals surface area contributed by atoms with E-state index in [1.807, 2.05) is 6.07 Å². The molecule has 0 bridgehead atoms. The molecule has 212 valence electrons.